The van der Waals surface area contributed by atoms with E-state index in [0.29, 0.717) is 29.5 Å². The highest BCUT2D eigenvalue weighted by atomic mass is 79.9. The summed E-state index contributed by atoms with van der Waals surface area (Å²) in [6.07, 6.45) is 0. The van der Waals surface area contributed by atoms with Gasteiger partial charge in [0.2, 0.25) is 0 Å². The van der Waals surface area contributed by atoms with Gasteiger partial charge < -0.3 is 14.8 Å². The molecular formula is C19H20BrNO4. The number of carbonyl (C=O) groups is 2. The summed E-state index contributed by atoms with van der Waals surface area (Å²) in [4.78, 5) is 23.8. The van der Waals surface area contributed by atoms with Gasteiger partial charge >= 0.3 is 5.97 Å². The van der Waals surface area contributed by atoms with Crippen LogP contribution in [-0.2, 0) is 9.53 Å². The van der Waals surface area contributed by atoms with Gasteiger partial charge in [-0.15, -0.1) is 0 Å². The fourth-order valence-corrected chi connectivity index (χ4v) is 2.33. The molecule has 0 aliphatic heterocycles. The summed E-state index contributed by atoms with van der Waals surface area (Å²) in [6, 6.07) is 13.8. The highest BCUT2D eigenvalue weighted by molar-refractivity contribution is 9.10. The van der Waals surface area contributed by atoms with Gasteiger partial charge in [0.05, 0.1) is 12.2 Å². The lowest BCUT2D eigenvalue weighted by Gasteiger charge is -2.09. The molecule has 2 aromatic rings. The number of rotatable bonds is 7. The van der Waals surface area contributed by atoms with Crippen molar-refractivity contribution in [2.75, 3.05) is 18.5 Å². The van der Waals surface area contributed by atoms with E-state index in [4.69, 9.17) is 9.47 Å². The SMILES string of the molecule is CC(C)COc1ccc(C(=O)OCC(=O)Nc2cccc(Br)c2)cc1. The van der Waals surface area contributed by atoms with Crippen LogP contribution in [-0.4, -0.2) is 25.1 Å². The van der Waals surface area contributed by atoms with Crippen molar-refractivity contribution >= 4 is 33.5 Å². The quantitative estimate of drug-likeness (QED) is 0.698. The molecule has 0 saturated carbocycles. The predicted molar refractivity (Wildman–Crippen MR) is 99.8 cm³/mol. The third-order valence-corrected chi connectivity index (χ3v) is 3.61. The first kappa shape index (κ1) is 19.0. The Bertz CT molecular complexity index is 728. The Labute approximate surface area is 155 Å². The van der Waals surface area contributed by atoms with Crippen molar-refractivity contribution < 1.29 is 19.1 Å². The fraction of sp³-hybridized carbons (Fsp3) is 0.263. The van der Waals surface area contributed by atoms with Gasteiger partial charge in [0, 0.05) is 10.2 Å². The highest BCUT2D eigenvalue weighted by Gasteiger charge is 2.11. The number of anilines is 1. The lowest BCUT2D eigenvalue weighted by atomic mass is 10.2. The number of esters is 1. The van der Waals surface area contributed by atoms with Crippen molar-refractivity contribution in [3.63, 3.8) is 0 Å². The van der Waals surface area contributed by atoms with Crippen molar-refractivity contribution in [1.82, 2.24) is 0 Å². The summed E-state index contributed by atoms with van der Waals surface area (Å²) in [5.41, 5.74) is 0.995. The fourth-order valence-electron chi connectivity index (χ4n) is 1.93. The van der Waals surface area contributed by atoms with E-state index < -0.39 is 11.9 Å². The van der Waals surface area contributed by atoms with E-state index in [1.165, 1.54) is 0 Å². The Balaban J connectivity index is 1.82. The molecule has 0 atom stereocenters. The minimum absolute atomic E-state index is 0.350. The van der Waals surface area contributed by atoms with Gasteiger partial charge in [0.15, 0.2) is 6.61 Å². The first-order valence-corrected chi connectivity index (χ1v) is 8.69. The van der Waals surface area contributed by atoms with E-state index in [0.717, 1.165) is 4.47 Å². The molecule has 25 heavy (non-hydrogen) atoms. The second kappa shape index (κ2) is 9.22. The maximum Gasteiger partial charge on any atom is 0.338 e. The molecule has 0 spiro atoms. The number of amides is 1. The zero-order valence-electron chi connectivity index (χ0n) is 14.1. The highest BCUT2D eigenvalue weighted by Crippen LogP contribution is 2.16. The van der Waals surface area contributed by atoms with Crippen molar-refractivity contribution in [2.24, 2.45) is 5.92 Å². The average molecular weight is 406 g/mol. The van der Waals surface area contributed by atoms with Crippen LogP contribution in [0.5, 0.6) is 5.75 Å². The molecule has 5 nitrogen and oxygen atoms in total. The lowest BCUT2D eigenvalue weighted by Crippen LogP contribution is -2.20. The van der Waals surface area contributed by atoms with Gasteiger partial charge in [-0.05, 0) is 48.4 Å². The molecule has 0 bridgehead atoms. The van der Waals surface area contributed by atoms with Crippen LogP contribution in [0.1, 0.15) is 24.2 Å². The van der Waals surface area contributed by atoms with Crippen LogP contribution in [0.25, 0.3) is 0 Å². The van der Waals surface area contributed by atoms with Gasteiger partial charge in [0.1, 0.15) is 5.75 Å². The molecule has 2 rings (SSSR count). The maximum absolute atomic E-state index is 12.0. The van der Waals surface area contributed by atoms with Crippen LogP contribution in [0.2, 0.25) is 0 Å². The molecule has 132 valence electrons. The molecule has 0 fully saturated rings. The Kier molecular flexibility index (Phi) is 7.01. The first-order valence-electron chi connectivity index (χ1n) is 7.89. The van der Waals surface area contributed by atoms with Crippen LogP contribution in [0.3, 0.4) is 0 Å². The van der Waals surface area contributed by atoms with Gasteiger partial charge in [-0.2, -0.15) is 0 Å². The molecule has 0 radical (unpaired) electrons. The summed E-state index contributed by atoms with van der Waals surface area (Å²) in [5.74, 6) is 0.161. The number of halogens is 1. The summed E-state index contributed by atoms with van der Waals surface area (Å²) in [6.45, 7) is 4.38. The lowest BCUT2D eigenvalue weighted by molar-refractivity contribution is -0.119. The molecule has 0 aromatic heterocycles. The Morgan fingerprint density at radius 2 is 1.84 bits per heavy atom. The number of nitrogens with one attached hydrogen (secondary N) is 1. The first-order chi connectivity index (χ1) is 11.9. The van der Waals surface area contributed by atoms with Gasteiger partial charge in [0.25, 0.3) is 5.91 Å². The third kappa shape index (κ3) is 6.58. The van der Waals surface area contributed by atoms with E-state index in [1.807, 2.05) is 6.07 Å². The molecule has 1 N–H and O–H groups in total. The van der Waals surface area contributed by atoms with E-state index in [2.05, 4.69) is 35.1 Å². The zero-order chi connectivity index (χ0) is 18.2. The van der Waals surface area contributed by atoms with Crippen LogP contribution < -0.4 is 10.1 Å². The van der Waals surface area contributed by atoms with Crippen molar-refractivity contribution in [3.05, 3.63) is 58.6 Å². The smallest absolute Gasteiger partial charge is 0.338 e. The number of carbonyl (C=O) groups excluding carboxylic acids is 2. The summed E-state index contributed by atoms with van der Waals surface area (Å²) in [5, 5.41) is 2.66. The van der Waals surface area contributed by atoms with E-state index in [9.17, 15) is 9.59 Å². The van der Waals surface area contributed by atoms with Crippen LogP contribution in [0.4, 0.5) is 5.69 Å². The number of ether oxygens (including phenoxy) is 2. The Morgan fingerprint density at radius 1 is 1.12 bits per heavy atom. The van der Waals surface area contributed by atoms with Crippen LogP contribution in [0.15, 0.2) is 53.0 Å². The summed E-state index contributed by atoms with van der Waals surface area (Å²) < 4.78 is 11.4. The molecule has 1 amide bonds. The molecular weight excluding hydrogens is 386 g/mol. The number of hydrogen-bond acceptors (Lipinski definition) is 4. The Morgan fingerprint density at radius 3 is 2.48 bits per heavy atom. The minimum Gasteiger partial charge on any atom is -0.493 e. The largest absolute Gasteiger partial charge is 0.493 e. The molecule has 0 heterocycles. The maximum atomic E-state index is 12.0. The molecule has 6 heteroatoms. The normalized spacial score (nSPS) is 10.4. The third-order valence-electron chi connectivity index (χ3n) is 3.12. The molecule has 0 aliphatic rings. The number of benzene rings is 2. The summed E-state index contributed by atoms with van der Waals surface area (Å²) >= 11 is 3.32. The van der Waals surface area contributed by atoms with E-state index in [-0.39, 0.29) is 6.61 Å². The minimum atomic E-state index is -0.556. The monoisotopic (exact) mass is 405 g/mol. The second-order valence-corrected chi connectivity index (χ2v) is 6.78. The second-order valence-electron chi connectivity index (χ2n) is 5.86. The Hall–Kier alpha value is -2.34. The molecule has 0 saturated heterocycles. The van der Waals surface area contributed by atoms with Crippen molar-refractivity contribution in [3.8, 4) is 5.75 Å². The van der Waals surface area contributed by atoms with E-state index >= 15 is 0 Å². The average Bonchev–Trinajstić information content (AvgIpc) is 2.58. The predicted octanol–water partition coefficient (Wildman–Crippen LogP) is 4.28. The topological polar surface area (TPSA) is 64.6 Å². The molecule has 0 unspecified atom stereocenters. The van der Waals surface area contributed by atoms with Crippen molar-refractivity contribution in [2.45, 2.75) is 13.8 Å². The van der Waals surface area contributed by atoms with E-state index in [1.54, 1.807) is 42.5 Å². The van der Waals surface area contributed by atoms with Crippen molar-refractivity contribution in [1.29, 1.82) is 0 Å². The van der Waals surface area contributed by atoms with Gasteiger partial charge in [-0.1, -0.05) is 35.8 Å². The molecule has 2 aromatic carbocycles. The summed E-state index contributed by atoms with van der Waals surface area (Å²) in [7, 11) is 0. The van der Waals surface area contributed by atoms with Gasteiger partial charge in [-0.3, -0.25) is 4.79 Å². The zero-order valence-corrected chi connectivity index (χ0v) is 15.7. The molecule has 0 aliphatic carbocycles. The van der Waals surface area contributed by atoms with Gasteiger partial charge in [-0.25, -0.2) is 4.79 Å². The van der Waals surface area contributed by atoms with Crippen LogP contribution in [0, 0.1) is 5.92 Å². The standard InChI is InChI=1S/C19H20BrNO4/c1-13(2)11-24-17-8-6-14(7-9-17)19(23)25-12-18(22)21-16-5-3-4-15(20)10-16/h3-10,13H,11-12H2,1-2H3,(H,21,22). The van der Waals surface area contributed by atoms with Crippen LogP contribution >= 0.6 is 15.9 Å². The number of hydrogen-bond donors (Lipinski definition) is 1.